The van der Waals surface area contributed by atoms with Crippen LogP contribution in [0.4, 0.5) is 4.39 Å². The molecule has 0 saturated carbocycles. The molecule has 20 heavy (non-hydrogen) atoms. The maximum Gasteiger partial charge on any atom is 0.251 e. The van der Waals surface area contributed by atoms with Gasteiger partial charge in [-0.1, -0.05) is 23.7 Å². The maximum atomic E-state index is 13.0. The summed E-state index contributed by atoms with van der Waals surface area (Å²) in [5.41, 5.74) is 2.19. The van der Waals surface area contributed by atoms with Crippen molar-refractivity contribution in [2.24, 2.45) is 0 Å². The van der Waals surface area contributed by atoms with Crippen LogP contribution in [-0.2, 0) is 6.54 Å². The van der Waals surface area contributed by atoms with Crippen LogP contribution in [0.25, 0.3) is 0 Å². The first-order valence-electron chi connectivity index (χ1n) is 5.99. The molecule has 1 amide bonds. The number of carbonyl (C=O) groups is 1. The Morgan fingerprint density at radius 1 is 1.30 bits per heavy atom. The fourth-order valence-electron chi connectivity index (χ4n) is 1.78. The molecule has 0 heterocycles. The van der Waals surface area contributed by atoms with Crippen LogP contribution in [0.3, 0.4) is 0 Å². The predicted octanol–water partition coefficient (Wildman–Crippen LogP) is 4.01. The van der Waals surface area contributed by atoms with E-state index in [1.165, 1.54) is 12.1 Å². The quantitative estimate of drug-likeness (QED) is 0.824. The Morgan fingerprint density at radius 2 is 2.05 bits per heavy atom. The summed E-state index contributed by atoms with van der Waals surface area (Å²) < 4.78 is 13.0. The number of carbonyl (C=O) groups excluding carboxylic acids is 1. The fourth-order valence-corrected chi connectivity index (χ4v) is 2.19. The molecule has 2 aromatic rings. The zero-order valence-corrected chi connectivity index (χ0v) is 12.4. The number of halogens is 2. The number of amides is 1. The topological polar surface area (TPSA) is 29.1 Å². The van der Waals surface area contributed by atoms with Gasteiger partial charge in [-0.25, -0.2) is 4.39 Å². The lowest BCUT2D eigenvalue weighted by Gasteiger charge is -2.09. The van der Waals surface area contributed by atoms with Crippen LogP contribution in [0.15, 0.2) is 41.3 Å². The summed E-state index contributed by atoms with van der Waals surface area (Å²) >= 11 is 9.91. The molecule has 2 aromatic carbocycles. The molecular weight excluding hydrogens is 297 g/mol. The summed E-state index contributed by atoms with van der Waals surface area (Å²) in [6.45, 7) is 2.14. The first-order chi connectivity index (χ1) is 9.47. The van der Waals surface area contributed by atoms with E-state index in [0.29, 0.717) is 5.56 Å². The minimum absolute atomic E-state index is 0.0466. The second-order valence-electron chi connectivity index (χ2n) is 4.43. The van der Waals surface area contributed by atoms with Gasteiger partial charge in [-0.3, -0.25) is 4.79 Å². The van der Waals surface area contributed by atoms with Crippen LogP contribution in [0.1, 0.15) is 21.5 Å². The molecule has 5 heteroatoms. The van der Waals surface area contributed by atoms with Crippen molar-refractivity contribution >= 4 is 30.1 Å². The Bertz CT molecular complexity index is 660. The van der Waals surface area contributed by atoms with Crippen molar-refractivity contribution in [3.63, 3.8) is 0 Å². The molecule has 0 aliphatic heterocycles. The van der Waals surface area contributed by atoms with E-state index in [0.717, 1.165) is 16.0 Å². The molecule has 0 aromatic heterocycles. The Morgan fingerprint density at radius 3 is 2.75 bits per heavy atom. The van der Waals surface area contributed by atoms with Gasteiger partial charge in [0.1, 0.15) is 5.82 Å². The van der Waals surface area contributed by atoms with Crippen molar-refractivity contribution in [3.8, 4) is 0 Å². The van der Waals surface area contributed by atoms with E-state index in [-0.39, 0.29) is 17.5 Å². The Hall–Kier alpha value is -1.52. The Labute approximate surface area is 127 Å². The number of thiol groups is 1. The molecule has 0 aliphatic carbocycles. The third-order valence-corrected chi connectivity index (χ3v) is 3.47. The van der Waals surface area contributed by atoms with E-state index >= 15 is 0 Å². The van der Waals surface area contributed by atoms with Crippen molar-refractivity contribution in [1.29, 1.82) is 0 Å². The summed E-state index contributed by atoms with van der Waals surface area (Å²) in [6, 6.07) is 9.75. The molecule has 0 fully saturated rings. The van der Waals surface area contributed by atoms with E-state index < -0.39 is 5.82 Å². The largest absolute Gasteiger partial charge is 0.348 e. The Balaban J connectivity index is 2.08. The predicted molar refractivity (Wildman–Crippen MR) is 81.0 cm³/mol. The normalized spacial score (nSPS) is 10.4. The maximum absolute atomic E-state index is 13.0. The highest BCUT2D eigenvalue weighted by Gasteiger charge is 2.09. The van der Waals surface area contributed by atoms with Crippen molar-refractivity contribution in [1.82, 2.24) is 5.32 Å². The van der Waals surface area contributed by atoms with Crippen LogP contribution < -0.4 is 5.32 Å². The second-order valence-corrected chi connectivity index (χ2v) is 5.35. The lowest BCUT2D eigenvalue weighted by molar-refractivity contribution is 0.0950. The summed E-state index contributed by atoms with van der Waals surface area (Å²) in [5, 5.41) is 2.82. The molecule has 0 radical (unpaired) electrons. The number of nitrogens with one attached hydrogen (secondary N) is 1. The van der Waals surface area contributed by atoms with Gasteiger partial charge in [0.05, 0.1) is 5.02 Å². The molecule has 104 valence electrons. The van der Waals surface area contributed by atoms with E-state index in [4.69, 9.17) is 11.6 Å². The van der Waals surface area contributed by atoms with Gasteiger partial charge in [0, 0.05) is 17.0 Å². The number of hydrogen-bond donors (Lipinski definition) is 2. The van der Waals surface area contributed by atoms with Crippen molar-refractivity contribution in [2.75, 3.05) is 0 Å². The summed E-state index contributed by atoms with van der Waals surface area (Å²) in [6.07, 6.45) is 0. The molecule has 2 rings (SSSR count). The van der Waals surface area contributed by atoms with E-state index in [9.17, 15) is 9.18 Å². The summed E-state index contributed by atoms with van der Waals surface area (Å²) in [5.74, 6) is -0.667. The number of benzene rings is 2. The standard InChI is InChI=1S/C15H13ClFNOS/c1-9-2-4-11(20)7-12(9)15(19)18-8-10-3-5-14(17)13(16)6-10/h2-7,20H,8H2,1H3,(H,18,19). The molecule has 1 N–H and O–H groups in total. The highest BCUT2D eigenvalue weighted by atomic mass is 35.5. The number of aryl methyl sites for hydroxylation is 1. The monoisotopic (exact) mass is 309 g/mol. The van der Waals surface area contributed by atoms with Crippen LogP contribution in [0, 0.1) is 12.7 Å². The molecule has 0 spiro atoms. The fraction of sp³-hybridized carbons (Fsp3) is 0.133. The Kier molecular flexibility index (Phi) is 4.68. The van der Waals surface area contributed by atoms with Gasteiger partial charge in [0.15, 0.2) is 0 Å². The van der Waals surface area contributed by atoms with Crippen LogP contribution >= 0.6 is 24.2 Å². The van der Waals surface area contributed by atoms with Gasteiger partial charge < -0.3 is 5.32 Å². The van der Waals surface area contributed by atoms with Gasteiger partial charge in [0.25, 0.3) is 5.91 Å². The molecule has 0 unspecified atom stereocenters. The third-order valence-electron chi connectivity index (χ3n) is 2.90. The average molecular weight is 310 g/mol. The SMILES string of the molecule is Cc1ccc(S)cc1C(=O)NCc1ccc(F)c(Cl)c1. The van der Waals surface area contributed by atoms with E-state index in [2.05, 4.69) is 17.9 Å². The lowest BCUT2D eigenvalue weighted by Crippen LogP contribution is -2.23. The minimum atomic E-state index is -0.472. The van der Waals surface area contributed by atoms with E-state index in [1.54, 1.807) is 12.1 Å². The number of rotatable bonds is 3. The van der Waals surface area contributed by atoms with Crippen molar-refractivity contribution in [3.05, 3.63) is 63.9 Å². The van der Waals surface area contributed by atoms with Gasteiger partial charge in [-0.15, -0.1) is 12.6 Å². The van der Waals surface area contributed by atoms with Crippen LogP contribution in [-0.4, -0.2) is 5.91 Å². The lowest BCUT2D eigenvalue weighted by atomic mass is 10.1. The van der Waals surface area contributed by atoms with Crippen molar-refractivity contribution < 1.29 is 9.18 Å². The van der Waals surface area contributed by atoms with Crippen LogP contribution in [0.2, 0.25) is 5.02 Å². The molecule has 0 atom stereocenters. The zero-order chi connectivity index (χ0) is 14.7. The van der Waals surface area contributed by atoms with Gasteiger partial charge >= 0.3 is 0 Å². The average Bonchev–Trinajstić information content (AvgIpc) is 2.42. The summed E-state index contributed by atoms with van der Waals surface area (Å²) in [7, 11) is 0. The van der Waals surface area contributed by atoms with Gasteiger partial charge in [-0.05, 0) is 42.3 Å². The summed E-state index contributed by atoms with van der Waals surface area (Å²) in [4.78, 5) is 12.8. The molecule has 0 bridgehead atoms. The zero-order valence-electron chi connectivity index (χ0n) is 10.8. The molecule has 0 aliphatic rings. The third kappa shape index (κ3) is 3.52. The highest BCUT2D eigenvalue weighted by Crippen LogP contribution is 2.17. The molecule has 0 saturated heterocycles. The highest BCUT2D eigenvalue weighted by molar-refractivity contribution is 7.80. The van der Waals surface area contributed by atoms with Gasteiger partial charge in [0.2, 0.25) is 0 Å². The van der Waals surface area contributed by atoms with E-state index in [1.807, 2.05) is 19.1 Å². The van der Waals surface area contributed by atoms with Crippen LogP contribution in [0.5, 0.6) is 0 Å². The molecular formula is C15H13ClFNOS. The first-order valence-corrected chi connectivity index (χ1v) is 6.81. The smallest absolute Gasteiger partial charge is 0.251 e. The van der Waals surface area contributed by atoms with Gasteiger partial charge in [-0.2, -0.15) is 0 Å². The van der Waals surface area contributed by atoms with Crippen molar-refractivity contribution in [2.45, 2.75) is 18.4 Å². The number of hydrogen-bond acceptors (Lipinski definition) is 2. The first kappa shape index (κ1) is 14.9. The second kappa shape index (κ2) is 6.29. The molecule has 2 nitrogen and oxygen atoms in total. The minimum Gasteiger partial charge on any atom is -0.348 e.